The summed E-state index contributed by atoms with van der Waals surface area (Å²) >= 11 is 0. The van der Waals surface area contributed by atoms with E-state index in [0.29, 0.717) is 19.8 Å². The highest BCUT2D eigenvalue weighted by atomic mass is 29.2. The molecule has 0 saturated carbocycles. The SMILES string of the molecule is C#CC[SiH2][Si](OCC)(OCC)OCC. The van der Waals surface area contributed by atoms with Gasteiger partial charge >= 0.3 is 8.32 Å². The molecular weight excluding hydrogens is 212 g/mol. The molecule has 0 aromatic heterocycles. The lowest BCUT2D eigenvalue weighted by Gasteiger charge is -2.28. The minimum absolute atomic E-state index is 0.578. The van der Waals surface area contributed by atoms with Gasteiger partial charge in [0, 0.05) is 25.9 Å². The Labute approximate surface area is 90.1 Å². The molecule has 0 bridgehead atoms. The Morgan fingerprint density at radius 2 is 1.50 bits per heavy atom. The van der Waals surface area contributed by atoms with E-state index in [-0.39, 0.29) is 0 Å². The molecule has 0 aliphatic heterocycles. The van der Waals surface area contributed by atoms with E-state index in [1.54, 1.807) is 0 Å². The molecule has 0 aromatic rings. The summed E-state index contributed by atoms with van der Waals surface area (Å²) in [5.74, 6) is 2.65. The lowest BCUT2D eigenvalue weighted by atomic mass is 10.8. The molecule has 14 heavy (non-hydrogen) atoms. The Hall–Kier alpha value is -0.126. The maximum atomic E-state index is 5.67. The molecule has 0 spiro atoms. The summed E-state index contributed by atoms with van der Waals surface area (Å²) in [5, 5.41) is 0. The van der Waals surface area contributed by atoms with Crippen LogP contribution in [0.2, 0.25) is 6.04 Å². The van der Waals surface area contributed by atoms with Crippen LogP contribution < -0.4 is 0 Å². The van der Waals surface area contributed by atoms with Crippen LogP contribution >= 0.6 is 0 Å². The second kappa shape index (κ2) is 8.20. The third-order valence-electron chi connectivity index (χ3n) is 1.67. The van der Waals surface area contributed by atoms with Crippen LogP contribution in [0.5, 0.6) is 0 Å². The Bertz CT molecular complexity index is 162. The van der Waals surface area contributed by atoms with Crippen LogP contribution in [-0.2, 0) is 13.3 Å². The summed E-state index contributed by atoms with van der Waals surface area (Å²) in [7, 11) is -2.90. The molecule has 0 radical (unpaired) electrons. The van der Waals surface area contributed by atoms with Crippen LogP contribution in [0.1, 0.15) is 20.8 Å². The van der Waals surface area contributed by atoms with Gasteiger partial charge in [0.15, 0.2) is 0 Å². The monoisotopic (exact) mass is 232 g/mol. The van der Waals surface area contributed by atoms with Gasteiger partial charge in [0.2, 0.25) is 0 Å². The first kappa shape index (κ1) is 13.9. The Morgan fingerprint density at radius 1 is 1.07 bits per heavy atom. The first-order chi connectivity index (χ1) is 6.74. The fourth-order valence-corrected chi connectivity index (χ4v) is 8.17. The summed E-state index contributed by atoms with van der Waals surface area (Å²) in [5.41, 5.74) is 0. The van der Waals surface area contributed by atoms with Crippen molar-refractivity contribution in [3.63, 3.8) is 0 Å². The molecule has 0 heterocycles. The predicted octanol–water partition coefficient (Wildman–Crippen LogP) is 0.752. The number of hydrogen-bond acceptors (Lipinski definition) is 3. The van der Waals surface area contributed by atoms with E-state index in [1.165, 1.54) is 0 Å². The molecule has 0 aliphatic rings. The van der Waals surface area contributed by atoms with Crippen molar-refractivity contribution in [3.8, 4) is 12.3 Å². The first-order valence-electron chi connectivity index (χ1n) is 5.10. The van der Waals surface area contributed by atoms with E-state index in [2.05, 4.69) is 5.92 Å². The molecule has 0 unspecified atom stereocenters. The van der Waals surface area contributed by atoms with Crippen LogP contribution in [0.25, 0.3) is 0 Å². The zero-order valence-corrected chi connectivity index (χ0v) is 11.8. The van der Waals surface area contributed by atoms with Gasteiger partial charge in [-0.25, -0.2) is 0 Å². The molecule has 0 atom stereocenters. The van der Waals surface area contributed by atoms with Gasteiger partial charge in [-0.2, -0.15) is 0 Å². The average Bonchev–Trinajstić information content (AvgIpc) is 2.16. The van der Waals surface area contributed by atoms with E-state index in [0.717, 1.165) is 6.04 Å². The summed E-state index contributed by atoms with van der Waals surface area (Å²) in [6.45, 7) is 7.82. The summed E-state index contributed by atoms with van der Waals surface area (Å²) in [6.07, 6.45) is 5.26. The van der Waals surface area contributed by atoms with Gasteiger partial charge in [0.05, 0.1) is 0 Å². The summed E-state index contributed by atoms with van der Waals surface area (Å²) in [6, 6.07) is 0.784. The lowest BCUT2D eigenvalue weighted by molar-refractivity contribution is 0.0930. The number of rotatable bonds is 8. The van der Waals surface area contributed by atoms with Gasteiger partial charge in [-0.15, -0.1) is 12.3 Å². The summed E-state index contributed by atoms with van der Waals surface area (Å²) < 4.78 is 17.0. The maximum Gasteiger partial charge on any atom is 0.463 e. The lowest BCUT2D eigenvalue weighted by Crippen LogP contribution is -2.52. The Morgan fingerprint density at radius 3 is 1.79 bits per heavy atom. The van der Waals surface area contributed by atoms with Crippen LogP contribution in [-0.4, -0.2) is 37.2 Å². The quantitative estimate of drug-likeness (QED) is 0.457. The van der Waals surface area contributed by atoms with Crippen LogP contribution in [0.15, 0.2) is 0 Å². The normalized spacial score (nSPS) is 12.1. The largest absolute Gasteiger partial charge is 0.463 e. The average molecular weight is 232 g/mol. The van der Waals surface area contributed by atoms with Gasteiger partial charge in [-0.3, -0.25) is 0 Å². The van der Waals surface area contributed by atoms with Crippen molar-refractivity contribution in [2.24, 2.45) is 0 Å². The highest BCUT2D eigenvalue weighted by molar-refractivity contribution is 7.14. The minimum Gasteiger partial charge on any atom is -0.377 e. The van der Waals surface area contributed by atoms with Gasteiger partial charge < -0.3 is 13.3 Å². The highest BCUT2D eigenvalue weighted by Crippen LogP contribution is 2.09. The molecule has 5 heteroatoms. The smallest absolute Gasteiger partial charge is 0.377 e. The van der Waals surface area contributed by atoms with Crippen molar-refractivity contribution in [1.29, 1.82) is 0 Å². The third-order valence-corrected chi connectivity index (χ3v) is 9.43. The van der Waals surface area contributed by atoms with Crippen molar-refractivity contribution in [2.75, 3.05) is 19.8 Å². The van der Waals surface area contributed by atoms with Crippen molar-refractivity contribution < 1.29 is 13.3 Å². The predicted molar refractivity (Wildman–Crippen MR) is 62.8 cm³/mol. The Kier molecular flexibility index (Phi) is 8.13. The second-order valence-electron chi connectivity index (χ2n) is 2.69. The standard InChI is InChI=1S/C9H20O3Si2/c1-5-9-13-14(10-6-2,11-7-3)12-8-4/h1H,6-9,13H2,2-4H3. The van der Waals surface area contributed by atoms with E-state index >= 15 is 0 Å². The van der Waals surface area contributed by atoms with E-state index in [1.807, 2.05) is 20.8 Å². The van der Waals surface area contributed by atoms with Gasteiger partial charge in [-0.1, -0.05) is 0 Å². The topological polar surface area (TPSA) is 27.7 Å². The van der Waals surface area contributed by atoms with Gasteiger partial charge in [-0.05, 0) is 20.8 Å². The van der Waals surface area contributed by atoms with E-state index < -0.39 is 17.4 Å². The molecule has 3 nitrogen and oxygen atoms in total. The highest BCUT2D eigenvalue weighted by Gasteiger charge is 2.38. The van der Waals surface area contributed by atoms with Gasteiger partial charge in [0.25, 0.3) is 0 Å². The van der Waals surface area contributed by atoms with Crippen molar-refractivity contribution in [2.45, 2.75) is 26.8 Å². The van der Waals surface area contributed by atoms with E-state index in [4.69, 9.17) is 19.7 Å². The molecule has 0 fully saturated rings. The van der Waals surface area contributed by atoms with Crippen molar-refractivity contribution in [1.82, 2.24) is 0 Å². The van der Waals surface area contributed by atoms with Gasteiger partial charge in [0.1, 0.15) is 9.04 Å². The molecule has 82 valence electrons. The molecule has 0 rings (SSSR count). The maximum absolute atomic E-state index is 5.67. The minimum atomic E-state index is -2.32. The first-order valence-corrected chi connectivity index (χ1v) is 10.1. The fourth-order valence-electron chi connectivity index (χ4n) is 1.23. The molecule has 0 aliphatic carbocycles. The third kappa shape index (κ3) is 4.93. The van der Waals surface area contributed by atoms with Crippen LogP contribution in [0, 0.1) is 12.3 Å². The summed E-state index contributed by atoms with van der Waals surface area (Å²) in [4.78, 5) is 0. The van der Waals surface area contributed by atoms with E-state index in [9.17, 15) is 0 Å². The zero-order chi connectivity index (χ0) is 10.9. The van der Waals surface area contributed by atoms with Crippen LogP contribution in [0.4, 0.5) is 0 Å². The molecule has 0 aromatic carbocycles. The number of hydrogen-bond donors (Lipinski definition) is 0. The Balaban J connectivity index is 4.30. The van der Waals surface area contributed by atoms with Crippen LogP contribution in [0.3, 0.4) is 0 Å². The molecule has 0 N–H and O–H groups in total. The number of terminal acetylenes is 1. The van der Waals surface area contributed by atoms with Crippen molar-refractivity contribution in [3.05, 3.63) is 0 Å². The molecule has 0 amide bonds. The molecular formula is C9H20O3Si2. The molecule has 0 saturated heterocycles. The zero-order valence-electron chi connectivity index (χ0n) is 9.34. The fraction of sp³-hybridized carbons (Fsp3) is 0.778. The second-order valence-corrected chi connectivity index (χ2v) is 10.0. The van der Waals surface area contributed by atoms with Crippen molar-refractivity contribution >= 4 is 17.4 Å².